The second kappa shape index (κ2) is 5.09. The normalized spacial score (nSPS) is 23.5. The first-order valence-electron chi connectivity index (χ1n) is 6.22. The quantitative estimate of drug-likeness (QED) is 0.831. The molecule has 102 valence electrons. The van der Waals surface area contributed by atoms with Crippen molar-refractivity contribution in [1.82, 2.24) is 4.90 Å². The standard InChI is InChI=1S/C14H17FN2O2/c1-14(13(16)19)6-7-17(9-14)8-12(18)10-4-2-3-5-11(10)15/h2-5H,6-9H2,1H3,(H2,16,19). The SMILES string of the molecule is CC1(C(N)=O)CCN(CC(=O)c2ccccc2F)C1. The molecule has 2 N–H and O–H groups in total. The number of primary amides is 1. The van der Waals surface area contributed by atoms with Crippen molar-refractivity contribution in [3.8, 4) is 0 Å². The molecular formula is C14H17FN2O2. The Hall–Kier alpha value is -1.75. The highest BCUT2D eigenvalue weighted by molar-refractivity contribution is 5.97. The summed E-state index contributed by atoms with van der Waals surface area (Å²) in [6.07, 6.45) is 0.632. The van der Waals surface area contributed by atoms with Gasteiger partial charge >= 0.3 is 0 Å². The van der Waals surface area contributed by atoms with Crippen LogP contribution in [0.25, 0.3) is 0 Å². The summed E-state index contributed by atoms with van der Waals surface area (Å²) in [6.45, 7) is 2.98. The number of carbonyl (C=O) groups is 2. The Morgan fingerprint density at radius 3 is 2.68 bits per heavy atom. The average Bonchev–Trinajstić information content (AvgIpc) is 2.73. The number of nitrogens with zero attached hydrogens (tertiary/aromatic N) is 1. The summed E-state index contributed by atoms with van der Waals surface area (Å²) in [5.41, 5.74) is 4.85. The van der Waals surface area contributed by atoms with Crippen LogP contribution in [-0.4, -0.2) is 36.2 Å². The number of hydrogen-bond acceptors (Lipinski definition) is 3. The van der Waals surface area contributed by atoms with Crippen LogP contribution in [0.5, 0.6) is 0 Å². The van der Waals surface area contributed by atoms with E-state index in [-0.39, 0.29) is 23.8 Å². The monoisotopic (exact) mass is 264 g/mol. The van der Waals surface area contributed by atoms with E-state index < -0.39 is 11.2 Å². The van der Waals surface area contributed by atoms with Gasteiger partial charge in [-0.3, -0.25) is 14.5 Å². The molecule has 19 heavy (non-hydrogen) atoms. The van der Waals surface area contributed by atoms with Crippen LogP contribution in [0.3, 0.4) is 0 Å². The van der Waals surface area contributed by atoms with Crippen LogP contribution in [0.1, 0.15) is 23.7 Å². The Kier molecular flexibility index (Phi) is 3.66. The van der Waals surface area contributed by atoms with Gasteiger partial charge in [0.2, 0.25) is 5.91 Å². The fourth-order valence-corrected chi connectivity index (χ4v) is 2.37. The zero-order valence-corrected chi connectivity index (χ0v) is 10.9. The number of likely N-dealkylation sites (tertiary alicyclic amines) is 1. The minimum Gasteiger partial charge on any atom is -0.369 e. The van der Waals surface area contributed by atoms with Gasteiger partial charge in [-0.05, 0) is 32.0 Å². The van der Waals surface area contributed by atoms with Crippen LogP contribution >= 0.6 is 0 Å². The first-order chi connectivity index (χ1) is 8.92. The molecule has 1 saturated heterocycles. The lowest BCUT2D eigenvalue weighted by molar-refractivity contribution is -0.126. The molecule has 2 rings (SSSR count). The molecule has 1 heterocycles. The van der Waals surface area contributed by atoms with Crippen LogP contribution < -0.4 is 5.73 Å². The van der Waals surface area contributed by atoms with Crippen molar-refractivity contribution >= 4 is 11.7 Å². The van der Waals surface area contributed by atoms with E-state index in [1.807, 2.05) is 4.90 Å². The fraction of sp³-hybridized carbons (Fsp3) is 0.429. The predicted molar refractivity (Wildman–Crippen MR) is 69.1 cm³/mol. The van der Waals surface area contributed by atoms with Gasteiger partial charge in [-0.1, -0.05) is 12.1 Å². The minimum atomic E-state index is -0.588. The molecule has 0 radical (unpaired) electrons. The number of Topliss-reactive ketones (excluding diaryl/α,β-unsaturated/α-hetero) is 1. The lowest BCUT2D eigenvalue weighted by atomic mass is 9.89. The maximum Gasteiger partial charge on any atom is 0.224 e. The first kappa shape index (κ1) is 13.7. The van der Waals surface area contributed by atoms with E-state index in [9.17, 15) is 14.0 Å². The summed E-state index contributed by atoms with van der Waals surface area (Å²) < 4.78 is 13.5. The second-order valence-corrected chi connectivity index (χ2v) is 5.29. The summed E-state index contributed by atoms with van der Waals surface area (Å²) >= 11 is 0. The van der Waals surface area contributed by atoms with Crippen LogP contribution in [0, 0.1) is 11.2 Å². The van der Waals surface area contributed by atoms with E-state index in [0.717, 1.165) is 0 Å². The maximum atomic E-state index is 13.5. The second-order valence-electron chi connectivity index (χ2n) is 5.29. The summed E-state index contributed by atoms with van der Waals surface area (Å²) in [4.78, 5) is 25.2. The summed E-state index contributed by atoms with van der Waals surface area (Å²) in [7, 11) is 0. The van der Waals surface area contributed by atoms with Crippen LogP contribution in [0.4, 0.5) is 4.39 Å². The molecule has 1 aromatic rings. The van der Waals surface area contributed by atoms with Gasteiger partial charge < -0.3 is 5.73 Å². The molecule has 4 nitrogen and oxygen atoms in total. The summed E-state index contributed by atoms with van der Waals surface area (Å²) in [6, 6.07) is 5.92. The van der Waals surface area contributed by atoms with Gasteiger partial charge in [-0.2, -0.15) is 0 Å². The summed E-state index contributed by atoms with van der Waals surface area (Å²) in [5.74, 6) is -1.13. The van der Waals surface area contributed by atoms with E-state index in [2.05, 4.69) is 0 Å². The zero-order chi connectivity index (χ0) is 14.0. The van der Waals surface area contributed by atoms with E-state index in [4.69, 9.17) is 5.73 Å². The van der Waals surface area contributed by atoms with Gasteiger partial charge in [-0.15, -0.1) is 0 Å². The molecule has 1 aliphatic heterocycles. The van der Waals surface area contributed by atoms with E-state index in [1.165, 1.54) is 12.1 Å². The maximum absolute atomic E-state index is 13.5. The van der Waals surface area contributed by atoms with Crippen molar-refractivity contribution < 1.29 is 14.0 Å². The van der Waals surface area contributed by atoms with Crippen LogP contribution in [-0.2, 0) is 4.79 Å². The van der Waals surface area contributed by atoms with Gasteiger partial charge in [0, 0.05) is 6.54 Å². The van der Waals surface area contributed by atoms with Gasteiger partial charge in [0.15, 0.2) is 5.78 Å². The number of carbonyl (C=O) groups excluding carboxylic acids is 2. The summed E-state index contributed by atoms with van der Waals surface area (Å²) in [5, 5.41) is 0. The molecule has 1 unspecified atom stereocenters. The van der Waals surface area contributed by atoms with Crippen molar-refractivity contribution in [3.63, 3.8) is 0 Å². The van der Waals surface area contributed by atoms with E-state index >= 15 is 0 Å². The lowest BCUT2D eigenvalue weighted by Crippen LogP contribution is -2.38. The molecule has 1 aliphatic rings. The third-order valence-electron chi connectivity index (χ3n) is 3.69. The highest BCUT2D eigenvalue weighted by Crippen LogP contribution is 2.29. The smallest absolute Gasteiger partial charge is 0.224 e. The van der Waals surface area contributed by atoms with Gasteiger partial charge in [0.25, 0.3) is 0 Å². The molecule has 1 amide bonds. The van der Waals surface area contributed by atoms with Crippen LogP contribution in [0.2, 0.25) is 0 Å². The van der Waals surface area contributed by atoms with Crippen molar-refractivity contribution in [1.29, 1.82) is 0 Å². The van der Waals surface area contributed by atoms with Crippen molar-refractivity contribution in [2.45, 2.75) is 13.3 Å². The van der Waals surface area contributed by atoms with Crippen molar-refractivity contribution in [2.24, 2.45) is 11.1 Å². The topological polar surface area (TPSA) is 63.4 Å². The Morgan fingerprint density at radius 1 is 1.42 bits per heavy atom. The number of rotatable bonds is 4. The average molecular weight is 264 g/mol. The minimum absolute atomic E-state index is 0.0928. The molecule has 0 aliphatic carbocycles. The van der Waals surface area contributed by atoms with E-state index in [0.29, 0.717) is 19.5 Å². The molecule has 1 atom stereocenters. The van der Waals surface area contributed by atoms with Gasteiger partial charge in [0.1, 0.15) is 5.82 Å². The van der Waals surface area contributed by atoms with Gasteiger partial charge in [0.05, 0.1) is 17.5 Å². The van der Waals surface area contributed by atoms with Crippen LogP contribution in [0.15, 0.2) is 24.3 Å². The zero-order valence-electron chi connectivity index (χ0n) is 10.9. The highest BCUT2D eigenvalue weighted by atomic mass is 19.1. The van der Waals surface area contributed by atoms with Gasteiger partial charge in [-0.25, -0.2) is 4.39 Å². The molecule has 0 saturated carbocycles. The molecular weight excluding hydrogens is 247 g/mol. The number of benzene rings is 1. The third kappa shape index (κ3) is 2.81. The third-order valence-corrected chi connectivity index (χ3v) is 3.69. The molecule has 0 bridgehead atoms. The number of ketones is 1. The molecule has 1 aromatic carbocycles. The predicted octanol–water partition coefficient (Wildman–Crippen LogP) is 1.21. The Balaban J connectivity index is 2.02. The number of amides is 1. The number of halogens is 1. The molecule has 0 aromatic heterocycles. The number of hydrogen-bond donors (Lipinski definition) is 1. The first-order valence-corrected chi connectivity index (χ1v) is 6.22. The van der Waals surface area contributed by atoms with Crippen molar-refractivity contribution in [2.75, 3.05) is 19.6 Å². The Labute approximate surface area is 111 Å². The van der Waals surface area contributed by atoms with Crippen molar-refractivity contribution in [3.05, 3.63) is 35.6 Å². The van der Waals surface area contributed by atoms with E-state index in [1.54, 1.807) is 19.1 Å². The molecule has 0 spiro atoms. The highest BCUT2D eigenvalue weighted by Gasteiger charge is 2.39. The fourth-order valence-electron chi connectivity index (χ4n) is 2.37. The molecule has 1 fully saturated rings. The lowest BCUT2D eigenvalue weighted by Gasteiger charge is -2.20. The Morgan fingerprint density at radius 2 is 2.11 bits per heavy atom. The largest absolute Gasteiger partial charge is 0.369 e. The molecule has 5 heteroatoms. The Bertz CT molecular complexity index is 518. The number of nitrogens with two attached hydrogens (primary N) is 1.